The molecule has 1 aromatic carbocycles. The van der Waals surface area contributed by atoms with Crippen LogP contribution in [0.4, 0.5) is 0 Å². The Kier molecular flexibility index (Phi) is 6.40. The zero-order chi connectivity index (χ0) is 16.7. The molecule has 0 atom stereocenters. The van der Waals surface area contributed by atoms with Crippen molar-refractivity contribution in [3.63, 3.8) is 0 Å². The van der Waals surface area contributed by atoms with Crippen LogP contribution in [0.2, 0.25) is 0 Å². The topological polar surface area (TPSA) is 61.9 Å². The number of amides is 2. The Labute approximate surface area is 137 Å². The first-order chi connectivity index (χ1) is 11.1. The van der Waals surface area contributed by atoms with Crippen molar-refractivity contribution in [1.29, 1.82) is 0 Å². The zero-order valence-electron chi connectivity index (χ0n) is 13.9. The number of carbonyl (C=O) groups is 2. The molecule has 23 heavy (non-hydrogen) atoms. The van der Waals surface area contributed by atoms with Crippen LogP contribution in [0, 0.1) is 0 Å². The molecule has 1 fully saturated rings. The van der Waals surface area contributed by atoms with Gasteiger partial charge in [-0.1, -0.05) is 12.1 Å². The Hall–Kier alpha value is -2.08. The van der Waals surface area contributed by atoms with Gasteiger partial charge in [0.1, 0.15) is 5.75 Å². The fraction of sp³-hybridized carbons (Fsp3) is 0.529. The van der Waals surface area contributed by atoms with Crippen molar-refractivity contribution in [2.45, 2.75) is 13.3 Å². The van der Waals surface area contributed by atoms with Gasteiger partial charge >= 0.3 is 0 Å². The summed E-state index contributed by atoms with van der Waals surface area (Å²) in [5, 5.41) is 2.95. The fourth-order valence-corrected chi connectivity index (χ4v) is 2.65. The lowest BCUT2D eigenvalue weighted by Gasteiger charge is -2.33. The first-order valence-corrected chi connectivity index (χ1v) is 7.96. The van der Waals surface area contributed by atoms with E-state index in [4.69, 9.17) is 4.74 Å². The summed E-state index contributed by atoms with van der Waals surface area (Å²) in [6, 6.07) is 7.86. The molecular weight excluding hydrogens is 294 g/mol. The zero-order valence-corrected chi connectivity index (χ0v) is 13.9. The first-order valence-electron chi connectivity index (χ1n) is 7.96. The minimum absolute atomic E-state index is 0.0316. The molecule has 0 unspecified atom stereocenters. The van der Waals surface area contributed by atoms with Gasteiger partial charge in [-0.25, -0.2) is 0 Å². The number of ether oxygens (including phenoxy) is 1. The fourth-order valence-electron chi connectivity index (χ4n) is 2.65. The van der Waals surface area contributed by atoms with Gasteiger partial charge in [-0.3, -0.25) is 14.5 Å². The van der Waals surface area contributed by atoms with Crippen molar-refractivity contribution in [3.8, 4) is 5.75 Å². The summed E-state index contributed by atoms with van der Waals surface area (Å²) < 4.78 is 5.19. The van der Waals surface area contributed by atoms with Crippen LogP contribution in [0.5, 0.6) is 5.75 Å². The van der Waals surface area contributed by atoms with Gasteiger partial charge in [0.15, 0.2) is 0 Å². The molecule has 2 rings (SSSR count). The highest BCUT2D eigenvalue weighted by Gasteiger charge is 2.19. The molecule has 126 valence electrons. The van der Waals surface area contributed by atoms with E-state index >= 15 is 0 Å². The maximum atomic E-state index is 12.0. The number of piperazine rings is 1. The summed E-state index contributed by atoms with van der Waals surface area (Å²) in [4.78, 5) is 27.2. The third kappa shape index (κ3) is 5.56. The molecular formula is C17H25N3O3. The van der Waals surface area contributed by atoms with E-state index in [0.717, 1.165) is 30.8 Å². The van der Waals surface area contributed by atoms with E-state index in [1.54, 1.807) is 14.0 Å². The van der Waals surface area contributed by atoms with E-state index in [0.29, 0.717) is 26.2 Å². The van der Waals surface area contributed by atoms with Gasteiger partial charge in [-0.2, -0.15) is 0 Å². The second-order valence-electron chi connectivity index (χ2n) is 5.73. The number of nitrogens with one attached hydrogen (secondary N) is 1. The highest BCUT2D eigenvalue weighted by Crippen LogP contribution is 2.12. The molecule has 0 saturated carbocycles. The molecule has 0 aliphatic carbocycles. The Morgan fingerprint density at radius 3 is 2.61 bits per heavy atom. The lowest BCUT2D eigenvalue weighted by atomic mass is 10.1. The third-order valence-corrected chi connectivity index (χ3v) is 4.05. The standard InChI is InChI=1S/C17H25N3O3/c1-14(21)20-10-8-19(9-11-20)13-17(22)18-7-6-15-4-3-5-16(12-15)23-2/h3-5,12H,6-11,13H2,1-2H3,(H,18,22). The van der Waals surface area contributed by atoms with Crippen molar-refractivity contribution in [3.05, 3.63) is 29.8 Å². The van der Waals surface area contributed by atoms with E-state index in [1.165, 1.54) is 0 Å². The van der Waals surface area contributed by atoms with Gasteiger partial charge in [0.2, 0.25) is 11.8 Å². The van der Waals surface area contributed by atoms with Crippen molar-refractivity contribution in [2.75, 3.05) is 46.4 Å². The van der Waals surface area contributed by atoms with E-state index in [1.807, 2.05) is 29.2 Å². The van der Waals surface area contributed by atoms with Crippen molar-refractivity contribution < 1.29 is 14.3 Å². The van der Waals surface area contributed by atoms with Crippen LogP contribution < -0.4 is 10.1 Å². The van der Waals surface area contributed by atoms with E-state index in [2.05, 4.69) is 10.2 Å². The first kappa shape index (κ1) is 17.3. The molecule has 6 nitrogen and oxygen atoms in total. The molecule has 1 aromatic rings. The monoisotopic (exact) mass is 319 g/mol. The predicted octanol–water partition coefficient (Wildman–Crippen LogP) is 0.518. The molecule has 0 radical (unpaired) electrons. The molecule has 1 aliphatic rings. The van der Waals surface area contributed by atoms with Crippen LogP contribution in [0.15, 0.2) is 24.3 Å². The normalized spacial score (nSPS) is 15.3. The Morgan fingerprint density at radius 2 is 1.96 bits per heavy atom. The van der Waals surface area contributed by atoms with E-state index in [-0.39, 0.29) is 11.8 Å². The van der Waals surface area contributed by atoms with Gasteiger partial charge in [-0.05, 0) is 24.1 Å². The van der Waals surface area contributed by atoms with Gasteiger partial charge < -0.3 is 15.0 Å². The number of nitrogens with zero attached hydrogens (tertiary/aromatic N) is 2. The number of hydrogen-bond donors (Lipinski definition) is 1. The summed E-state index contributed by atoms with van der Waals surface area (Å²) in [7, 11) is 1.65. The Morgan fingerprint density at radius 1 is 1.22 bits per heavy atom. The van der Waals surface area contributed by atoms with Crippen LogP contribution in [0.1, 0.15) is 12.5 Å². The molecule has 1 aliphatic heterocycles. The summed E-state index contributed by atoms with van der Waals surface area (Å²) in [6.45, 7) is 5.49. The second kappa shape index (κ2) is 8.53. The maximum Gasteiger partial charge on any atom is 0.234 e. The highest BCUT2D eigenvalue weighted by molar-refractivity contribution is 5.78. The quantitative estimate of drug-likeness (QED) is 0.830. The molecule has 1 heterocycles. The van der Waals surface area contributed by atoms with Gasteiger partial charge in [-0.15, -0.1) is 0 Å². The lowest BCUT2D eigenvalue weighted by molar-refractivity contribution is -0.131. The Balaban J connectivity index is 1.66. The average molecular weight is 319 g/mol. The largest absolute Gasteiger partial charge is 0.497 e. The smallest absolute Gasteiger partial charge is 0.234 e. The predicted molar refractivity (Wildman–Crippen MR) is 88.4 cm³/mol. The molecule has 0 aromatic heterocycles. The van der Waals surface area contributed by atoms with Crippen LogP contribution in [0.3, 0.4) is 0 Å². The Bertz CT molecular complexity index is 540. The summed E-state index contributed by atoms with van der Waals surface area (Å²) in [6.07, 6.45) is 0.779. The number of hydrogen-bond acceptors (Lipinski definition) is 4. The average Bonchev–Trinajstić information content (AvgIpc) is 2.55. The lowest BCUT2D eigenvalue weighted by Crippen LogP contribution is -2.50. The minimum atomic E-state index is 0.0316. The summed E-state index contributed by atoms with van der Waals surface area (Å²) in [5.74, 6) is 0.966. The molecule has 6 heteroatoms. The van der Waals surface area contributed by atoms with Crippen molar-refractivity contribution >= 4 is 11.8 Å². The maximum absolute atomic E-state index is 12.0. The van der Waals surface area contributed by atoms with Gasteiger partial charge in [0, 0.05) is 39.6 Å². The number of benzene rings is 1. The number of methoxy groups -OCH3 is 1. The summed E-state index contributed by atoms with van der Waals surface area (Å²) >= 11 is 0. The van der Waals surface area contributed by atoms with Crippen LogP contribution in [-0.2, 0) is 16.0 Å². The van der Waals surface area contributed by atoms with Crippen LogP contribution >= 0.6 is 0 Å². The van der Waals surface area contributed by atoms with E-state index in [9.17, 15) is 9.59 Å². The van der Waals surface area contributed by atoms with Crippen LogP contribution in [-0.4, -0.2) is 68.0 Å². The molecule has 1 N–H and O–H groups in total. The second-order valence-corrected chi connectivity index (χ2v) is 5.73. The number of rotatable bonds is 6. The van der Waals surface area contributed by atoms with Crippen molar-refractivity contribution in [1.82, 2.24) is 15.1 Å². The van der Waals surface area contributed by atoms with Crippen molar-refractivity contribution in [2.24, 2.45) is 0 Å². The van der Waals surface area contributed by atoms with Gasteiger partial charge in [0.25, 0.3) is 0 Å². The molecule has 0 bridgehead atoms. The van der Waals surface area contributed by atoms with Gasteiger partial charge in [0.05, 0.1) is 13.7 Å². The SMILES string of the molecule is COc1cccc(CCNC(=O)CN2CCN(C(C)=O)CC2)c1. The number of carbonyl (C=O) groups excluding carboxylic acids is 2. The van der Waals surface area contributed by atoms with E-state index < -0.39 is 0 Å². The van der Waals surface area contributed by atoms with Crippen LogP contribution in [0.25, 0.3) is 0 Å². The molecule has 2 amide bonds. The summed E-state index contributed by atoms with van der Waals surface area (Å²) in [5.41, 5.74) is 1.14. The molecule has 1 saturated heterocycles. The minimum Gasteiger partial charge on any atom is -0.497 e. The third-order valence-electron chi connectivity index (χ3n) is 4.05. The molecule has 0 spiro atoms. The highest BCUT2D eigenvalue weighted by atomic mass is 16.5.